The normalized spacial score (nSPS) is 11.0. The van der Waals surface area contributed by atoms with Gasteiger partial charge in [-0.15, -0.1) is 11.3 Å². The number of fused-ring (bicyclic) bond motifs is 1. The van der Waals surface area contributed by atoms with Crippen LogP contribution in [-0.4, -0.2) is 15.9 Å². The first-order chi connectivity index (χ1) is 12.1. The van der Waals surface area contributed by atoms with Crippen LogP contribution in [0, 0.1) is 11.6 Å². The summed E-state index contributed by atoms with van der Waals surface area (Å²) in [6, 6.07) is 12.6. The Balaban J connectivity index is 1.60. The third-order valence-corrected chi connectivity index (χ3v) is 4.55. The minimum atomic E-state index is -0.708. The van der Waals surface area contributed by atoms with Gasteiger partial charge >= 0.3 is 0 Å². The van der Waals surface area contributed by atoms with Gasteiger partial charge in [0.2, 0.25) is 0 Å². The molecule has 0 aliphatic rings. The molecule has 1 amide bonds. The molecular formula is C18H11F2N3OS. The second-order valence-corrected chi connectivity index (χ2v) is 6.24. The number of amides is 1. The van der Waals surface area contributed by atoms with Crippen molar-refractivity contribution in [3.8, 4) is 10.7 Å². The van der Waals surface area contributed by atoms with Crippen LogP contribution in [0.3, 0.4) is 0 Å². The van der Waals surface area contributed by atoms with Crippen molar-refractivity contribution in [2.75, 3.05) is 5.32 Å². The first-order valence-corrected chi connectivity index (χ1v) is 8.28. The van der Waals surface area contributed by atoms with Crippen molar-refractivity contribution in [3.63, 3.8) is 0 Å². The first-order valence-electron chi connectivity index (χ1n) is 7.40. The van der Waals surface area contributed by atoms with Crippen molar-refractivity contribution >= 4 is 33.8 Å². The SMILES string of the molecule is O=C(Nc1cc(F)ccc1F)c1csc(-c2cc3ccccc3[nH]2)n1. The molecule has 0 unspecified atom stereocenters. The van der Waals surface area contributed by atoms with Crippen LogP contribution in [0.15, 0.2) is 53.9 Å². The predicted molar refractivity (Wildman–Crippen MR) is 93.7 cm³/mol. The minimum Gasteiger partial charge on any atom is -0.353 e. The molecule has 0 saturated heterocycles. The van der Waals surface area contributed by atoms with Gasteiger partial charge in [-0.1, -0.05) is 18.2 Å². The van der Waals surface area contributed by atoms with E-state index in [0.717, 1.165) is 34.8 Å². The van der Waals surface area contributed by atoms with Gasteiger partial charge in [-0.05, 0) is 24.3 Å². The maximum Gasteiger partial charge on any atom is 0.275 e. The lowest BCUT2D eigenvalue weighted by atomic mass is 10.2. The van der Waals surface area contributed by atoms with Gasteiger partial charge in [0, 0.05) is 22.3 Å². The molecule has 0 aliphatic carbocycles. The molecule has 4 aromatic rings. The Bertz CT molecular complexity index is 1050. The highest BCUT2D eigenvalue weighted by atomic mass is 32.1. The number of halogens is 2. The van der Waals surface area contributed by atoms with E-state index in [-0.39, 0.29) is 11.4 Å². The average molecular weight is 355 g/mol. The zero-order valence-electron chi connectivity index (χ0n) is 12.7. The van der Waals surface area contributed by atoms with Gasteiger partial charge in [0.15, 0.2) is 0 Å². The minimum absolute atomic E-state index is 0.141. The van der Waals surface area contributed by atoms with E-state index in [4.69, 9.17) is 0 Å². The highest BCUT2D eigenvalue weighted by Crippen LogP contribution is 2.27. The van der Waals surface area contributed by atoms with Crippen molar-refractivity contribution in [1.29, 1.82) is 0 Å². The van der Waals surface area contributed by atoms with Gasteiger partial charge in [0.25, 0.3) is 5.91 Å². The van der Waals surface area contributed by atoms with Gasteiger partial charge in [-0.2, -0.15) is 0 Å². The Labute approximate surface area is 145 Å². The number of hydrogen-bond donors (Lipinski definition) is 2. The van der Waals surface area contributed by atoms with E-state index < -0.39 is 17.5 Å². The van der Waals surface area contributed by atoms with Crippen molar-refractivity contribution < 1.29 is 13.6 Å². The fourth-order valence-corrected chi connectivity index (χ4v) is 3.24. The number of nitrogens with one attached hydrogen (secondary N) is 2. The number of thiazole rings is 1. The summed E-state index contributed by atoms with van der Waals surface area (Å²) in [4.78, 5) is 19.7. The largest absolute Gasteiger partial charge is 0.353 e. The van der Waals surface area contributed by atoms with Crippen LogP contribution in [0.5, 0.6) is 0 Å². The van der Waals surface area contributed by atoms with Crippen LogP contribution in [0.4, 0.5) is 14.5 Å². The summed E-state index contributed by atoms with van der Waals surface area (Å²) >= 11 is 1.29. The topological polar surface area (TPSA) is 57.8 Å². The van der Waals surface area contributed by atoms with Crippen LogP contribution < -0.4 is 5.32 Å². The smallest absolute Gasteiger partial charge is 0.275 e. The molecule has 0 radical (unpaired) electrons. The van der Waals surface area contributed by atoms with Crippen molar-refractivity contribution in [3.05, 3.63) is 71.2 Å². The lowest BCUT2D eigenvalue weighted by Crippen LogP contribution is -2.13. The van der Waals surface area contributed by atoms with Gasteiger partial charge < -0.3 is 10.3 Å². The van der Waals surface area contributed by atoms with Crippen molar-refractivity contribution in [2.24, 2.45) is 0 Å². The molecule has 0 bridgehead atoms. The Hall–Kier alpha value is -3.06. The van der Waals surface area contributed by atoms with Crippen molar-refractivity contribution in [1.82, 2.24) is 9.97 Å². The van der Waals surface area contributed by atoms with E-state index in [1.807, 2.05) is 30.3 Å². The monoisotopic (exact) mass is 355 g/mol. The number of para-hydroxylation sites is 1. The van der Waals surface area contributed by atoms with Crippen LogP contribution >= 0.6 is 11.3 Å². The fraction of sp³-hybridized carbons (Fsp3) is 0. The molecule has 0 saturated carbocycles. The second-order valence-electron chi connectivity index (χ2n) is 5.39. The number of carbonyl (C=O) groups is 1. The summed E-state index contributed by atoms with van der Waals surface area (Å²) < 4.78 is 26.8. The molecule has 25 heavy (non-hydrogen) atoms. The maximum atomic E-state index is 13.6. The van der Waals surface area contributed by atoms with E-state index in [1.165, 1.54) is 11.3 Å². The molecule has 4 nitrogen and oxygen atoms in total. The van der Waals surface area contributed by atoms with Gasteiger partial charge in [0.05, 0.1) is 11.4 Å². The van der Waals surface area contributed by atoms with E-state index in [2.05, 4.69) is 15.3 Å². The van der Waals surface area contributed by atoms with Gasteiger partial charge in [-0.25, -0.2) is 13.8 Å². The Morgan fingerprint density at radius 2 is 1.96 bits per heavy atom. The summed E-state index contributed by atoms with van der Waals surface area (Å²) in [5.41, 5.74) is 1.69. The number of hydrogen-bond acceptors (Lipinski definition) is 3. The number of aromatic nitrogens is 2. The molecule has 124 valence electrons. The Morgan fingerprint density at radius 3 is 2.80 bits per heavy atom. The summed E-state index contributed by atoms with van der Waals surface area (Å²) in [6.45, 7) is 0. The lowest BCUT2D eigenvalue weighted by Gasteiger charge is -2.04. The number of rotatable bonds is 3. The molecule has 0 spiro atoms. The Morgan fingerprint density at radius 1 is 1.12 bits per heavy atom. The van der Waals surface area contributed by atoms with Gasteiger partial charge in [-0.3, -0.25) is 4.79 Å². The van der Waals surface area contributed by atoms with E-state index in [1.54, 1.807) is 5.38 Å². The summed E-state index contributed by atoms with van der Waals surface area (Å²) in [5, 5.41) is 5.60. The summed E-state index contributed by atoms with van der Waals surface area (Å²) in [5.74, 6) is -1.93. The van der Waals surface area contributed by atoms with Crippen LogP contribution in [0.1, 0.15) is 10.5 Å². The molecule has 2 N–H and O–H groups in total. The number of nitrogens with zero attached hydrogens (tertiary/aromatic N) is 1. The zero-order chi connectivity index (χ0) is 17.4. The zero-order valence-corrected chi connectivity index (χ0v) is 13.5. The molecule has 0 aliphatic heterocycles. The van der Waals surface area contributed by atoms with Crippen LogP contribution in [0.2, 0.25) is 0 Å². The number of benzene rings is 2. The highest BCUT2D eigenvalue weighted by molar-refractivity contribution is 7.13. The first kappa shape index (κ1) is 15.5. The van der Waals surface area contributed by atoms with Crippen LogP contribution in [0.25, 0.3) is 21.6 Å². The Kier molecular flexibility index (Phi) is 3.77. The fourth-order valence-electron chi connectivity index (χ4n) is 2.47. The number of carbonyl (C=O) groups excluding carboxylic acids is 1. The summed E-state index contributed by atoms with van der Waals surface area (Å²) in [6.07, 6.45) is 0. The van der Waals surface area contributed by atoms with E-state index in [0.29, 0.717) is 5.01 Å². The standard InChI is InChI=1S/C18H11F2N3OS/c19-11-5-6-12(20)14(8-11)22-17(24)16-9-25-18(23-16)15-7-10-3-1-2-4-13(10)21-15/h1-9,21H,(H,22,24). The average Bonchev–Trinajstić information content (AvgIpc) is 3.24. The molecule has 4 rings (SSSR count). The molecule has 7 heteroatoms. The lowest BCUT2D eigenvalue weighted by molar-refractivity contribution is 0.102. The van der Waals surface area contributed by atoms with E-state index >= 15 is 0 Å². The second kappa shape index (κ2) is 6.10. The molecular weight excluding hydrogens is 344 g/mol. The maximum absolute atomic E-state index is 13.6. The van der Waals surface area contributed by atoms with Crippen molar-refractivity contribution in [2.45, 2.75) is 0 Å². The third kappa shape index (κ3) is 3.01. The molecule has 2 aromatic carbocycles. The number of anilines is 1. The van der Waals surface area contributed by atoms with Crippen LogP contribution in [-0.2, 0) is 0 Å². The quantitative estimate of drug-likeness (QED) is 0.553. The molecule has 0 atom stereocenters. The number of H-pyrrole nitrogens is 1. The molecule has 2 aromatic heterocycles. The van der Waals surface area contributed by atoms with E-state index in [9.17, 15) is 13.6 Å². The summed E-state index contributed by atoms with van der Waals surface area (Å²) in [7, 11) is 0. The third-order valence-electron chi connectivity index (χ3n) is 3.67. The highest BCUT2D eigenvalue weighted by Gasteiger charge is 2.15. The predicted octanol–water partition coefficient (Wildman–Crippen LogP) is 4.82. The molecule has 0 fully saturated rings. The molecule has 2 heterocycles. The van der Waals surface area contributed by atoms with Gasteiger partial charge in [0.1, 0.15) is 22.3 Å². The number of aromatic amines is 1.